The second-order valence-corrected chi connectivity index (χ2v) is 7.38. The Labute approximate surface area is 162 Å². The lowest BCUT2D eigenvalue weighted by molar-refractivity contribution is 0.0630. The van der Waals surface area contributed by atoms with Gasteiger partial charge in [-0.15, -0.1) is 0 Å². The highest BCUT2D eigenvalue weighted by Crippen LogP contribution is 2.24. The van der Waals surface area contributed by atoms with Gasteiger partial charge in [0.05, 0.1) is 15.6 Å². The van der Waals surface area contributed by atoms with E-state index in [9.17, 15) is 4.79 Å². The van der Waals surface area contributed by atoms with Gasteiger partial charge in [0.25, 0.3) is 5.91 Å². The van der Waals surface area contributed by atoms with Crippen molar-refractivity contribution in [2.45, 2.75) is 6.54 Å². The van der Waals surface area contributed by atoms with E-state index in [0.29, 0.717) is 10.0 Å². The summed E-state index contributed by atoms with van der Waals surface area (Å²) in [6.45, 7) is 3.94. The summed E-state index contributed by atoms with van der Waals surface area (Å²) in [6.07, 6.45) is 1.81. The average Bonchev–Trinajstić information content (AvgIpc) is 3.09. The van der Waals surface area contributed by atoms with Gasteiger partial charge in [-0.3, -0.25) is 9.69 Å². The van der Waals surface area contributed by atoms with Crippen LogP contribution in [-0.2, 0) is 6.54 Å². The molecule has 1 saturated heterocycles. The first kappa shape index (κ1) is 17.4. The monoisotopic (exact) mass is 387 g/mol. The van der Waals surface area contributed by atoms with Crippen LogP contribution in [0, 0.1) is 0 Å². The fourth-order valence-corrected chi connectivity index (χ4v) is 3.74. The van der Waals surface area contributed by atoms with Crippen LogP contribution in [0.4, 0.5) is 0 Å². The summed E-state index contributed by atoms with van der Waals surface area (Å²) in [5.41, 5.74) is 2.88. The van der Waals surface area contributed by atoms with Gasteiger partial charge in [-0.05, 0) is 23.8 Å². The number of amides is 1. The second kappa shape index (κ2) is 7.31. The molecule has 0 radical (unpaired) electrons. The number of hydrogen-bond donors (Lipinski definition) is 1. The van der Waals surface area contributed by atoms with Gasteiger partial charge in [0.1, 0.15) is 0 Å². The van der Waals surface area contributed by atoms with Crippen molar-refractivity contribution in [3.8, 4) is 0 Å². The highest BCUT2D eigenvalue weighted by atomic mass is 35.5. The van der Waals surface area contributed by atoms with Crippen molar-refractivity contribution in [3.63, 3.8) is 0 Å². The van der Waals surface area contributed by atoms with Crippen LogP contribution in [0.15, 0.2) is 48.7 Å². The van der Waals surface area contributed by atoms with Crippen LogP contribution in [0.2, 0.25) is 10.0 Å². The topological polar surface area (TPSA) is 39.3 Å². The zero-order chi connectivity index (χ0) is 18.1. The third-order valence-electron chi connectivity index (χ3n) is 4.87. The summed E-state index contributed by atoms with van der Waals surface area (Å²) in [7, 11) is 0. The molecule has 1 aromatic heterocycles. The molecule has 0 aliphatic carbocycles. The Morgan fingerprint density at radius 1 is 1.00 bits per heavy atom. The molecule has 1 amide bonds. The average molecular weight is 388 g/mol. The molecular weight excluding hydrogens is 369 g/mol. The molecule has 2 heterocycles. The molecule has 1 aliphatic heterocycles. The van der Waals surface area contributed by atoms with Gasteiger partial charge < -0.3 is 9.88 Å². The number of rotatable bonds is 3. The van der Waals surface area contributed by atoms with E-state index < -0.39 is 0 Å². The lowest BCUT2D eigenvalue weighted by atomic mass is 10.1. The summed E-state index contributed by atoms with van der Waals surface area (Å²) in [6, 6.07) is 13.6. The van der Waals surface area contributed by atoms with Gasteiger partial charge in [-0.25, -0.2) is 0 Å². The molecule has 0 saturated carbocycles. The fraction of sp³-hybridized carbons (Fsp3) is 0.250. The predicted molar refractivity (Wildman–Crippen MR) is 106 cm³/mol. The Morgan fingerprint density at radius 2 is 1.77 bits per heavy atom. The smallest absolute Gasteiger partial charge is 0.256 e. The van der Waals surface area contributed by atoms with Crippen LogP contribution < -0.4 is 0 Å². The molecule has 1 fully saturated rings. The van der Waals surface area contributed by atoms with Crippen molar-refractivity contribution < 1.29 is 4.79 Å². The minimum absolute atomic E-state index is 0.0941. The first-order valence-electron chi connectivity index (χ1n) is 8.63. The lowest BCUT2D eigenvalue weighted by Crippen LogP contribution is -2.48. The molecule has 26 heavy (non-hydrogen) atoms. The molecule has 1 N–H and O–H groups in total. The first-order chi connectivity index (χ1) is 12.6. The predicted octanol–water partition coefficient (Wildman–Crippen LogP) is 4.43. The van der Waals surface area contributed by atoms with Crippen LogP contribution >= 0.6 is 23.2 Å². The van der Waals surface area contributed by atoms with Crippen molar-refractivity contribution in [2.75, 3.05) is 26.2 Å². The molecular formula is C20H19Cl2N3O. The lowest BCUT2D eigenvalue weighted by Gasteiger charge is -2.34. The molecule has 2 aromatic carbocycles. The van der Waals surface area contributed by atoms with E-state index in [-0.39, 0.29) is 5.91 Å². The zero-order valence-electron chi connectivity index (χ0n) is 14.2. The second-order valence-electron chi connectivity index (χ2n) is 6.56. The number of para-hydroxylation sites is 1. The van der Waals surface area contributed by atoms with Crippen LogP contribution in [0.25, 0.3) is 10.9 Å². The van der Waals surface area contributed by atoms with E-state index in [1.165, 1.54) is 0 Å². The number of aromatic amines is 1. The van der Waals surface area contributed by atoms with Crippen molar-refractivity contribution in [2.24, 2.45) is 0 Å². The number of halogens is 2. The number of H-pyrrole nitrogens is 1. The van der Waals surface area contributed by atoms with Gasteiger partial charge in [0, 0.05) is 49.8 Å². The number of aromatic nitrogens is 1. The van der Waals surface area contributed by atoms with Crippen LogP contribution in [0.1, 0.15) is 15.9 Å². The summed E-state index contributed by atoms with van der Waals surface area (Å²) < 4.78 is 0. The van der Waals surface area contributed by atoms with E-state index in [1.807, 2.05) is 53.6 Å². The SMILES string of the molecule is O=C(c1c[nH]c2ccccc12)N1CCN(Cc2ccc(Cl)c(Cl)c2)CC1. The number of piperazine rings is 1. The number of hydrogen-bond acceptors (Lipinski definition) is 2. The van der Waals surface area contributed by atoms with Crippen LogP contribution in [-0.4, -0.2) is 46.9 Å². The summed E-state index contributed by atoms with van der Waals surface area (Å²) in [5.74, 6) is 0.0941. The molecule has 0 spiro atoms. The molecule has 4 rings (SSSR count). The number of nitrogens with zero attached hydrogens (tertiary/aromatic N) is 2. The molecule has 1 aliphatic rings. The number of fused-ring (bicyclic) bond motifs is 1. The standard InChI is InChI=1S/C20H19Cl2N3O/c21-17-6-5-14(11-18(17)22)13-24-7-9-25(10-8-24)20(26)16-12-23-19-4-2-1-3-15(16)19/h1-6,11-12,23H,7-10,13H2. The van der Waals surface area contributed by atoms with Gasteiger partial charge >= 0.3 is 0 Å². The molecule has 4 nitrogen and oxygen atoms in total. The van der Waals surface area contributed by atoms with Crippen molar-refractivity contribution in [3.05, 3.63) is 69.8 Å². The number of nitrogens with one attached hydrogen (secondary N) is 1. The largest absolute Gasteiger partial charge is 0.360 e. The maximum Gasteiger partial charge on any atom is 0.256 e. The van der Waals surface area contributed by atoms with E-state index in [4.69, 9.17) is 23.2 Å². The Bertz CT molecular complexity index is 945. The van der Waals surface area contributed by atoms with Gasteiger partial charge in [0.15, 0.2) is 0 Å². The Hall–Kier alpha value is -2.01. The number of benzene rings is 2. The Morgan fingerprint density at radius 3 is 2.54 bits per heavy atom. The molecule has 0 atom stereocenters. The van der Waals surface area contributed by atoms with Gasteiger partial charge in [-0.2, -0.15) is 0 Å². The molecule has 134 valence electrons. The van der Waals surface area contributed by atoms with Gasteiger partial charge in [0.2, 0.25) is 0 Å². The minimum atomic E-state index is 0.0941. The summed E-state index contributed by atoms with van der Waals surface area (Å²) in [4.78, 5) is 20.3. The highest BCUT2D eigenvalue weighted by molar-refractivity contribution is 6.42. The van der Waals surface area contributed by atoms with Crippen molar-refractivity contribution in [1.29, 1.82) is 0 Å². The normalized spacial score (nSPS) is 15.5. The zero-order valence-corrected chi connectivity index (χ0v) is 15.7. The number of carbonyl (C=O) groups is 1. The van der Waals surface area contributed by atoms with E-state index in [0.717, 1.165) is 54.8 Å². The highest BCUT2D eigenvalue weighted by Gasteiger charge is 2.24. The fourth-order valence-electron chi connectivity index (χ4n) is 3.42. The summed E-state index contributed by atoms with van der Waals surface area (Å²) in [5, 5.41) is 2.14. The number of carbonyl (C=O) groups excluding carboxylic acids is 1. The third-order valence-corrected chi connectivity index (χ3v) is 5.61. The minimum Gasteiger partial charge on any atom is -0.360 e. The quantitative estimate of drug-likeness (QED) is 0.721. The van der Waals surface area contributed by atoms with Crippen molar-refractivity contribution >= 4 is 40.0 Å². The van der Waals surface area contributed by atoms with Crippen LogP contribution in [0.5, 0.6) is 0 Å². The maximum atomic E-state index is 12.9. The molecule has 3 aromatic rings. The Balaban J connectivity index is 1.40. The molecule has 0 unspecified atom stereocenters. The maximum absolute atomic E-state index is 12.9. The molecule has 0 bridgehead atoms. The Kier molecular flexibility index (Phi) is 4.90. The third kappa shape index (κ3) is 3.45. The van der Waals surface area contributed by atoms with E-state index >= 15 is 0 Å². The first-order valence-corrected chi connectivity index (χ1v) is 9.39. The molecule has 6 heteroatoms. The van der Waals surface area contributed by atoms with E-state index in [1.54, 1.807) is 0 Å². The van der Waals surface area contributed by atoms with Gasteiger partial charge in [-0.1, -0.05) is 47.5 Å². The van der Waals surface area contributed by atoms with Crippen molar-refractivity contribution in [1.82, 2.24) is 14.8 Å². The van der Waals surface area contributed by atoms with E-state index in [2.05, 4.69) is 9.88 Å². The summed E-state index contributed by atoms with van der Waals surface area (Å²) >= 11 is 12.1. The van der Waals surface area contributed by atoms with Crippen LogP contribution in [0.3, 0.4) is 0 Å².